The number of rotatable bonds is 5. The summed E-state index contributed by atoms with van der Waals surface area (Å²) in [4.78, 5) is 11.8. The van der Waals surface area contributed by atoms with Gasteiger partial charge in [0.2, 0.25) is 11.8 Å². The molecule has 1 aliphatic rings. The number of carbonyl (C=O) groups is 1. The Hall–Kier alpha value is -4.32. The predicted octanol–water partition coefficient (Wildman–Crippen LogP) is 3.27. The first-order chi connectivity index (χ1) is 15.0. The van der Waals surface area contributed by atoms with E-state index >= 15 is 0 Å². The van der Waals surface area contributed by atoms with Crippen LogP contribution in [-0.2, 0) is 16.0 Å². The van der Waals surface area contributed by atoms with E-state index in [9.17, 15) is 14.4 Å². The zero-order chi connectivity index (χ0) is 22.0. The Balaban J connectivity index is 1.81. The molecule has 1 aliphatic heterocycles. The number of nitrogens with one attached hydrogen (secondary N) is 1. The molecule has 31 heavy (non-hydrogen) atoms. The summed E-state index contributed by atoms with van der Waals surface area (Å²) in [7, 11) is 1.27. The Bertz CT molecular complexity index is 1210. The van der Waals surface area contributed by atoms with Crippen molar-refractivity contribution in [1.29, 1.82) is 5.26 Å². The first kappa shape index (κ1) is 20.0. The van der Waals surface area contributed by atoms with Gasteiger partial charge in [-0.25, -0.2) is 4.39 Å². The van der Waals surface area contributed by atoms with Crippen LogP contribution in [0.5, 0.6) is 17.4 Å². The summed E-state index contributed by atoms with van der Waals surface area (Å²) < 4.78 is 30.4. The van der Waals surface area contributed by atoms with Crippen molar-refractivity contribution in [3.05, 3.63) is 82.6 Å². The van der Waals surface area contributed by atoms with Crippen LogP contribution in [0.1, 0.15) is 22.7 Å². The maximum absolute atomic E-state index is 14.5. The van der Waals surface area contributed by atoms with Gasteiger partial charge in [0, 0.05) is 0 Å². The van der Waals surface area contributed by atoms with Crippen LogP contribution < -0.4 is 15.2 Å². The summed E-state index contributed by atoms with van der Waals surface area (Å²) in [6.45, 7) is 0. The summed E-state index contributed by atoms with van der Waals surface area (Å²) in [6, 6.07) is 15.0. The number of ether oxygens (including phenoxy) is 3. The molecular formula is C22H17FN4O4. The normalized spacial score (nSPS) is 14.9. The Morgan fingerprint density at radius 2 is 2.10 bits per heavy atom. The van der Waals surface area contributed by atoms with Crippen molar-refractivity contribution < 1.29 is 23.4 Å². The maximum Gasteiger partial charge on any atom is 0.311 e. The minimum Gasteiger partial charge on any atom is -0.469 e. The SMILES string of the molecule is COC(=O)Cc1[nH]nc2c1[C@@H](c1ccc(F)c(Oc3ccccc3)c1)C(C#N)=C(N)O2. The number of hydrogen-bond acceptors (Lipinski definition) is 7. The fraction of sp³-hybridized carbons (Fsp3) is 0.136. The van der Waals surface area contributed by atoms with Crippen molar-refractivity contribution >= 4 is 5.97 Å². The number of halogens is 1. The second kappa shape index (κ2) is 8.20. The molecule has 156 valence electrons. The fourth-order valence-corrected chi connectivity index (χ4v) is 3.39. The summed E-state index contributed by atoms with van der Waals surface area (Å²) >= 11 is 0. The number of nitrogens with zero attached hydrogens (tertiary/aromatic N) is 2. The summed E-state index contributed by atoms with van der Waals surface area (Å²) in [5.74, 6) is -1.37. The molecule has 9 heteroatoms. The second-order valence-electron chi connectivity index (χ2n) is 6.70. The molecule has 0 amide bonds. The van der Waals surface area contributed by atoms with Gasteiger partial charge in [-0.1, -0.05) is 24.3 Å². The van der Waals surface area contributed by atoms with Crippen LogP contribution >= 0.6 is 0 Å². The molecule has 2 heterocycles. The van der Waals surface area contributed by atoms with E-state index in [1.165, 1.54) is 25.3 Å². The van der Waals surface area contributed by atoms with E-state index in [1.807, 2.05) is 12.1 Å². The largest absolute Gasteiger partial charge is 0.469 e. The number of carbonyl (C=O) groups excluding carboxylic acids is 1. The van der Waals surface area contributed by atoms with Crippen LogP contribution in [0.2, 0.25) is 0 Å². The molecule has 0 saturated heterocycles. The molecule has 0 fully saturated rings. The van der Waals surface area contributed by atoms with Crippen LogP contribution in [0.15, 0.2) is 60.0 Å². The molecule has 3 aromatic rings. The average Bonchev–Trinajstić information content (AvgIpc) is 3.16. The highest BCUT2D eigenvalue weighted by Gasteiger charge is 2.36. The lowest BCUT2D eigenvalue weighted by Crippen LogP contribution is -2.22. The third kappa shape index (κ3) is 3.79. The number of nitrogens with two attached hydrogens (primary N) is 1. The molecule has 0 bridgehead atoms. The zero-order valence-corrected chi connectivity index (χ0v) is 16.4. The van der Waals surface area contributed by atoms with Crippen molar-refractivity contribution in [1.82, 2.24) is 10.2 Å². The number of nitriles is 1. The number of esters is 1. The van der Waals surface area contributed by atoms with E-state index in [0.717, 1.165) is 0 Å². The second-order valence-corrected chi connectivity index (χ2v) is 6.70. The van der Waals surface area contributed by atoms with E-state index in [2.05, 4.69) is 10.2 Å². The lowest BCUT2D eigenvalue weighted by atomic mass is 9.83. The van der Waals surface area contributed by atoms with Gasteiger partial charge in [-0.2, -0.15) is 5.26 Å². The number of aromatic amines is 1. The number of aromatic nitrogens is 2. The minimum atomic E-state index is -0.745. The quantitative estimate of drug-likeness (QED) is 0.607. The van der Waals surface area contributed by atoms with Gasteiger partial charge in [0.1, 0.15) is 17.4 Å². The highest BCUT2D eigenvalue weighted by Crippen LogP contribution is 2.44. The standard InChI is InChI=1S/C22H17FN4O4/c1-29-18(28)10-16-20-19(14(11-24)21(25)31-22(20)27-26-16)12-7-8-15(23)17(9-12)30-13-5-3-2-4-6-13/h2-9,19H,10,25H2,1H3,(H,26,27)/t19-/m0/s1. The van der Waals surface area contributed by atoms with Gasteiger partial charge in [0.05, 0.1) is 30.7 Å². The lowest BCUT2D eigenvalue weighted by Gasteiger charge is -2.24. The van der Waals surface area contributed by atoms with Crippen molar-refractivity contribution in [2.45, 2.75) is 12.3 Å². The predicted molar refractivity (Wildman–Crippen MR) is 107 cm³/mol. The number of benzene rings is 2. The number of H-pyrrole nitrogens is 1. The Kier molecular flexibility index (Phi) is 5.28. The van der Waals surface area contributed by atoms with Gasteiger partial charge in [0.25, 0.3) is 0 Å². The summed E-state index contributed by atoms with van der Waals surface area (Å²) in [6.07, 6.45) is -0.119. The summed E-state index contributed by atoms with van der Waals surface area (Å²) in [5, 5.41) is 16.5. The Labute approximate surface area is 176 Å². The molecule has 0 radical (unpaired) electrons. The molecule has 4 rings (SSSR count). The van der Waals surface area contributed by atoms with Gasteiger partial charge in [-0.3, -0.25) is 9.89 Å². The molecule has 2 aromatic carbocycles. The lowest BCUT2D eigenvalue weighted by molar-refractivity contribution is -0.139. The van der Waals surface area contributed by atoms with Crippen LogP contribution in [0.4, 0.5) is 4.39 Å². The molecule has 8 nitrogen and oxygen atoms in total. The number of allylic oxidation sites excluding steroid dienone is 1. The third-order valence-corrected chi connectivity index (χ3v) is 4.83. The van der Waals surface area contributed by atoms with Gasteiger partial charge >= 0.3 is 5.97 Å². The fourth-order valence-electron chi connectivity index (χ4n) is 3.39. The highest BCUT2D eigenvalue weighted by atomic mass is 19.1. The minimum absolute atomic E-state index is 0.0226. The average molecular weight is 420 g/mol. The van der Waals surface area contributed by atoms with E-state index < -0.39 is 17.7 Å². The molecular weight excluding hydrogens is 403 g/mol. The first-order valence-electron chi connectivity index (χ1n) is 9.25. The third-order valence-electron chi connectivity index (χ3n) is 4.83. The van der Waals surface area contributed by atoms with E-state index in [-0.39, 0.29) is 29.5 Å². The van der Waals surface area contributed by atoms with Crippen molar-refractivity contribution in [3.63, 3.8) is 0 Å². The summed E-state index contributed by atoms with van der Waals surface area (Å²) in [5.41, 5.74) is 7.43. The molecule has 0 spiro atoms. The van der Waals surface area contributed by atoms with Gasteiger partial charge < -0.3 is 19.9 Å². The zero-order valence-electron chi connectivity index (χ0n) is 16.4. The number of fused-ring (bicyclic) bond motifs is 1. The van der Waals surface area contributed by atoms with Crippen molar-refractivity contribution in [2.75, 3.05) is 7.11 Å². The molecule has 1 aromatic heterocycles. The smallest absolute Gasteiger partial charge is 0.311 e. The Morgan fingerprint density at radius 3 is 2.81 bits per heavy atom. The van der Waals surface area contributed by atoms with Crippen molar-refractivity contribution in [2.24, 2.45) is 5.73 Å². The van der Waals surface area contributed by atoms with Crippen molar-refractivity contribution in [3.8, 4) is 23.4 Å². The van der Waals surface area contributed by atoms with Crippen LogP contribution in [0, 0.1) is 17.1 Å². The number of para-hydroxylation sites is 1. The Morgan fingerprint density at radius 1 is 1.32 bits per heavy atom. The van der Waals surface area contributed by atoms with Gasteiger partial charge in [-0.05, 0) is 29.8 Å². The maximum atomic E-state index is 14.5. The molecule has 0 saturated carbocycles. The van der Waals surface area contributed by atoms with E-state index in [1.54, 1.807) is 24.3 Å². The molecule has 0 aliphatic carbocycles. The highest BCUT2D eigenvalue weighted by molar-refractivity contribution is 5.73. The molecule has 3 N–H and O–H groups in total. The molecule has 1 atom stereocenters. The number of hydrogen-bond donors (Lipinski definition) is 2. The monoisotopic (exact) mass is 420 g/mol. The first-order valence-corrected chi connectivity index (χ1v) is 9.25. The van der Waals surface area contributed by atoms with Crippen LogP contribution in [0.3, 0.4) is 0 Å². The molecule has 0 unspecified atom stereocenters. The van der Waals surface area contributed by atoms with Crippen LogP contribution in [-0.4, -0.2) is 23.3 Å². The van der Waals surface area contributed by atoms with Crippen LogP contribution in [0.25, 0.3) is 0 Å². The van der Waals surface area contributed by atoms with E-state index in [4.69, 9.17) is 19.9 Å². The number of methoxy groups -OCH3 is 1. The van der Waals surface area contributed by atoms with E-state index in [0.29, 0.717) is 22.6 Å². The van der Waals surface area contributed by atoms with Gasteiger partial charge in [-0.15, -0.1) is 5.10 Å². The topological polar surface area (TPSA) is 123 Å². The van der Waals surface area contributed by atoms with Gasteiger partial charge in [0.15, 0.2) is 11.6 Å².